The number of urea groups is 1. The van der Waals surface area contributed by atoms with E-state index >= 15 is 0 Å². The maximum atomic E-state index is 12.7. The van der Waals surface area contributed by atoms with Gasteiger partial charge in [-0.1, -0.05) is 25.5 Å². The third-order valence-corrected chi connectivity index (χ3v) is 6.90. The van der Waals surface area contributed by atoms with E-state index in [-0.39, 0.29) is 31.1 Å². The molecular weight excluding hydrogens is 528 g/mol. The molecule has 3 rings (SSSR count). The lowest BCUT2D eigenvalue weighted by molar-refractivity contribution is 0.164. The van der Waals surface area contributed by atoms with Crippen LogP contribution in [-0.2, 0) is 16.6 Å². The first-order valence-electron chi connectivity index (χ1n) is 13.0. The molecular formula is C27H41ClN4O5S. The third-order valence-electron chi connectivity index (χ3n) is 6.29. The van der Waals surface area contributed by atoms with Crippen LogP contribution in [0.25, 0.3) is 0 Å². The molecule has 9 nitrogen and oxygen atoms in total. The number of nitrogens with one attached hydrogen (secondary N) is 2. The van der Waals surface area contributed by atoms with E-state index in [9.17, 15) is 13.2 Å². The molecule has 38 heavy (non-hydrogen) atoms. The van der Waals surface area contributed by atoms with E-state index in [1.165, 1.54) is 5.56 Å². The summed E-state index contributed by atoms with van der Waals surface area (Å²) in [5.74, 6) is 1.34. The predicted molar refractivity (Wildman–Crippen MR) is 154 cm³/mol. The van der Waals surface area contributed by atoms with Gasteiger partial charge in [0.25, 0.3) is 0 Å². The Hall–Kier alpha value is -2.53. The second-order valence-corrected chi connectivity index (χ2v) is 11.3. The number of carbonyl (C=O) groups is 1. The van der Waals surface area contributed by atoms with Gasteiger partial charge in [0.15, 0.2) is 0 Å². The topological polar surface area (TPSA) is 111 Å². The summed E-state index contributed by atoms with van der Waals surface area (Å²) in [4.78, 5) is 16.9. The van der Waals surface area contributed by atoms with Crippen molar-refractivity contribution < 1.29 is 23.1 Å². The molecule has 0 aliphatic carbocycles. The second kappa shape index (κ2) is 15.8. The minimum atomic E-state index is -3.31. The first kappa shape index (κ1) is 31.7. The maximum absolute atomic E-state index is 12.7. The summed E-state index contributed by atoms with van der Waals surface area (Å²) >= 11 is 0. The first-order chi connectivity index (χ1) is 17.8. The SMILES string of the molecule is CCCCN(CCCO)C(=O)NC1CCN(Cc2ccc(Oc3ccc(NS(C)(=O)=O)cc3)cc2)CC1.Cl. The monoisotopic (exact) mass is 568 g/mol. The molecule has 0 unspecified atom stereocenters. The van der Waals surface area contributed by atoms with Gasteiger partial charge in [-0.05, 0) is 67.6 Å². The first-order valence-corrected chi connectivity index (χ1v) is 14.9. The number of aliphatic hydroxyl groups is 1. The molecule has 1 aliphatic heterocycles. The van der Waals surface area contributed by atoms with E-state index in [0.29, 0.717) is 30.2 Å². The molecule has 2 amide bonds. The van der Waals surface area contributed by atoms with E-state index in [4.69, 9.17) is 9.84 Å². The summed E-state index contributed by atoms with van der Waals surface area (Å²) in [5, 5.41) is 12.3. The van der Waals surface area contributed by atoms with Gasteiger partial charge in [-0.15, -0.1) is 12.4 Å². The minimum absolute atomic E-state index is 0. The van der Waals surface area contributed by atoms with Crippen LogP contribution in [0.2, 0.25) is 0 Å². The van der Waals surface area contributed by atoms with E-state index in [2.05, 4.69) is 34.0 Å². The summed E-state index contributed by atoms with van der Waals surface area (Å²) in [6, 6.07) is 14.9. The number of amides is 2. The zero-order valence-electron chi connectivity index (χ0n) is 22.3. The lowest BCUT2D eigenvalue weighted by atomic mass is 10.0. The standard InChI is InChI=1S/C27H40N4O5S.ClH/c1-3-4-16-31(17-5-20-32)27(33)28-23-14-18-30(19-15-23)21-22-6-10-25(11-7-22)36-26-12-8-24(9-13-26)29-37(2,34)35;/h6-13,23,29,32H,3-5,14-21H2,1-2H3,(H,28,33);1H. The molecule has 1 saturated heterocycles. The van der Waals surface area contributed by atoms with Crippen molar-refractivity contribution in [3.63, 3.8) is 0 Å². The number of sulfonamides is 1. The highest BCUT2D eigenvalue weighted by molar-refractivity contribution is 7.92. The van der Waals surface area contributed by atoms with Crippen molar-refractivity contribution in [3.8, 4) is 11.5 Å². The average molecular weight is 569 g/mol. The molecule has 2 aromatic carbocycles. The number of likely N-dealkylation sites (tertiary alicyclic amines) is 1. The Labute approximate surface area is 233 Å². The maximum Gasteiger partial charge on any atom is 0.317 e. The number of piperidine rings is 1. The van der Waals surface area contributed by atoms with Crippen molar-refractivity contribution in [1.29, 1.82) is 0 Å². The summed E-state index contributed by atoms with van der Waals surface area (Å²) in [5.41, 5.74) is 1.68. The summed E-state index contributed by atoms with van der Waals surface area (Å²) in [7, 11) is -3.31. The molecule has 212 valence electrons. The highest BCUT2D eigenvalue weighted by atomic mass is 35.5. The van der Waals surface area contributed by atoms with Crippen LogP contribution in [0.1, 0.15) is 44.6 Å². The number of aliphatic hydroxyl groups excluding tert-OH is 1. The number of hydrogen-bond donors (Lipinski definition) is 3. The van der Waals surface area contributed by atoms with Crippen molar-refractivity contribution in [2.24, 2.45) is 0 Å². The van der Waals surface area contributed by atoms with Gasteiger partial charge < -0.3 is 20.1 Å². The number of rotatable bonds is 13. The van der Waals surface area contributed by atoms with Gasteiger partial charge in [0.2, 0.25) is 10.0 Å². The van der Waals surface area contributed by atoms with Crippen LogP contribution in [0, 0.1) is 0 Å². The summed E-state index contributed by atoms with van der Waals surface area (Å²) in [6.07, 6.45) is 5.55. The van der Waals surface area contributed by atoms with Gasteiger partial charge in [-0.25, -0.2) is 13.2 Å². The van der Waals surface area contributed by atoms with Crippen LogP contribution >= 0.6 is 12.4 Å². The molecule has 0 spiro atoms. The van der Waals surface area contributed by atoms with Gasteiger partial charge in [0.05, 0.1) is 6.26 Å². The number of unbranched alkanes of at least 4 members (excludes halogenated alkanes) is 1. The number of hydrogen-bond acceptors (Lipinski definition) is 6. The fourth-order valence-corrected chi connectivity index (χ4v) is 4.85. The molecule has 0 radical (unpaired) electrons. The van der Waals surface area contributed by atoms with Crippen LogP contribution in [-0.4, -0.2) is 74.4 Å². The molecule has 11 heteroatoms. The Morgan fingerprint density at radius 2 is 1.61 bits per heavy atom. The number of anilines is 1. The Bertz CT molecular complexity index is 1070. The lowest BCUT2D eigenvalue weighted by Gasteiger charge is -2.34. The number of nitrogens with zero attached hydrogens (tertiary/aromatic N) is 2. The van der Waals surface area contributed by atoms with E-state index in [0.717, 1.165) is 58.1 Å². The number of carbonyl (C=O) groups excluding carboxylic acids is 1. The Morgan fingerprint density at radius 3 is 2.16 bits per heavy atom. The molecule has 0 saturated carbocycles. The van der Waals surface area contributed by atoms with Crippen LogP contribution < -0.4 is 14.8 Å². The van der Waals surface area contributed by atoms with Crippen molar-refractivity contribution in [3.05, 3.63) is 54.1 Å². The van der Waals surface area contributed by atoms with Crippen molar-refractivity contribution in [1.82, 2.24) is 15.1 Å². The van der Waals surface area contributed by atoms with Gasteiger partial charge in [-0.3, -0.25) is 9.62 Å². The van der Waals surface area contributed by atoms with Gasteiger partial charge in [0, 0.05) is 51.1 Å². The normalized spacial score (nSPS) is 14.4. The van der Waals surface area contributed by atoms with Crippen LogP contribution in [0.3, 0.4) is 0 Å². The molecule has 0 aromatic heterocycles. The Kier molecular flexibility index (Phi) is 13.2. The summed E-state index contributed by atoms with van der Waals surface area (Å²) < 4.78 is 31.0. The van der Waals surface area contributed by atoms with Crippen LogP contribution in [0.15, 0.2) is 48.5 Å². The molecule has 1 fully saturated rings. The zero-order valence-corrected chi connectivity index (χ0v) is 23.9. The fraction of sp³-hybridized carbons (Fsp3) is 0.519. The van der Waals surface area contributed by atoms with Crippen LogP contribution in [0.5, 0.6) is 11.5 Å². The third kappa shape index (κ3) is 11.1. The number of benzene rings is 2. The Balaban J connectivity index is 0.00000507. The van der Waals surface area contributed by atoms with E-state index in [1.807, 2.05) is 17.0 Å². The lowest BCUT2D eigenvalue weighted by Crippen LogP contribution is -2.49. The predicted octanol–water partition coefficient (Wildman–Crippen LogP) is 4.43. The van der Waals surface area contributed by atoms with E-state index in [1.54, 1.807) is 24.3 Å². The highest BCUT2D eigenvalue weighted by Gasteiger charge is 2.23. The molecule has 0 bridgehead atoms. The molecule has 1 aliphatic rings. The Morgan fingerprint density at radius 1 is 1.03 bits per heavy atom. The molecule has 3 N–H and O–H groups in total. The quantitative estimate of drug-likeness (QED) is 0.330. The number of ether oxygens (including phenoxy) is 1. The van der Waals surface area contributed by atoms with Crippen molar-refractivity contribution >= 4 is 34.1 Å². The average Bonchev–Trinajstić information content (AvgIpc) is 2.87. The van der Waals surface area contributed by atoms with Gasteiger partial charge >= 0.3 is 6.03 Å². The molecule has 1 heterocycles. The van der Waals surface area contributed by atoms with Gasteiger partial charge in [-0.2, -0.15) is 0 Å². The minimum Gasteiger partial charge on any atom is -0.457 e. The highest BCUT2D eigenvalue weighted by Crippen LogP contribution is 2.24. The smallest absolute Gasteiger partial charge is 0.317 e. The molecule has 2 aromatic rings. The second-order valence-electron chi connectivity index (χ2n) is 9.56. The van der Waals surface area contributed by atoms with Crippen molar-refractivity contribution in [2.75, 3.05) is 43.8 Å². The summed E-state index contributed by atoms with van der Waals surface area (Å²) in [6.45, 7) is 6.20. The van der Waals surface area contributed by atoms with Crippen molar-refractivity contribution in [2.45, 2.75) is 51.6 Å². The van der Waals surface area contributed by atoms with E-state index < -0.39 is 10.0 Å². The number of halogens is 1. The zero-order chi connectivity index (χ0) is 26.7. The molecule has 0 atom stereocenters. The van der Waals surface area contributed by atoms with Gasteiger partial charge in [0.1, 0.15) is 11.5 Å². The largest absolute Gasteiger partial charge is 0.457 e. The fourth-order valence-electron chi connectivity index (χ4n) is 4.29. The van der Waals surface area contributed by atoms with Crippen LogP contribution in [0.4, 0.5) is 10.5 Å².